The first kappa shape index (κ1) is 25.1. The smallest absolute Gasteiger partial charge is 0.0417 e. The van der Waals surface area contributed by atoms with Crippen LogP contribution in [0.5, 0.6) is 0 Å². The fourth-order valence-corrected chi connectivity index (χ4v) is 4.57. The summed E-state index contributed by atoms with van der Waals surface area (Å²) in [5.74, 6) is 0. The summed E-state index contributed by atoms with van der Waals surface area (Å²) in [5.41, 5.74) is 6.03. The van der Waals surface area contributed by atoms with E-state index in [1.165, 1.54) is 11.4 Å². The van der Waals surface area contributed by atoms with Crippen LogP contribution < -0.4 is 10.2 Å². The summed E-state index contributed by atoms with van der Waals surface area (Å²) < 4.78 is 0. The summed E-state index contributed by atoms with van der Waals surface area (Å²) in [7, 11) is 0. The minimum atomic E-state index is 0.281. The minimum Gasteiger partial charge on any atom is -0.382 e. The first-order chi connectivity index (χ1) is 14.6. The van der Waals surface area contributed by atoms with Gasteiger partial charge < -0.3 is 15.1 Å². The average Bonchev–Trinajstić information content (AvgIpc) is 2.71. The Balaban J connectivity index is 2.11. The first-order valence-electron chi connectivity index (χ1n) is 12.0. The normalized spacial score (nSPS) is 15.1. The van der Waals surface area contributed by atoms with Crippen molar-refractivity contribution in [2.45, 2.75) is 85.7 Å². The maximum atomic E-state index is 4.37. The van der Waals surface area contributed by atoms with Crippen LogP contribution in [-0.2, 0) is 0 Å². The van der Waals surface area contributed by atoms with Crippen molar-refractivity contribution in [1.29, 1.82) is 0 Å². The number of likely N-dealkylation sites (tertiary alicyclic amines) is 1. The van der Waals surface area contributed by atoms with Crippen LogP contribution >= 0.6 is 0 Å². The molecule has 0 saturated carbocycles. The highest BCUT2D eigenvalue weighted by molar-refractivity contribution is 5.67. The lowest BCUT2D eigenvalue weighted by Crippen LogP contribution is -2.44. The zero-order chi connectivity index (χ0) is 23.2. The van der Waals surface area contributed by atoms with E-state index in [0.717, 1.165) is 62.2 Å². The van der Waals surface area contributed by atoms with E-state index in [-0.39, 0.29) is 5.41 Å². The molecule has 172 valence electrons. The quantitative estimate of drug-likeness (QED) is 0.429. The highest BCUT2D eigenvalue weighted by Gasteiger charge is 2.27. The lowest BCUT2D eigenvalue weighted by molar-refractivity contribution is 0.235. The molecule has 0 aromatic heterocycles. The Morgan fingerprint density at radius 2 is 1.74 bits per heavy atom. The number of hydrogen-bond donors (Lipinski definition) is 1. The van der Waals surface area contributed by atoms with E-state index >= 15 is 0 Å². The largest absolute Gasteiger partial charge is 0.382 e. The number of rotatable bonds is 10. The van der Waals surface area contributed by atoms with Crippen LogP contribution in [0.25, 0.3) is 5.70 Å². The number of nitrogens with zero attached hydrogens (tertiary/aromatic N) is 2. The van der Waals surface area contributed by atoms with Gasteiger partial charge in [0.15, 0.2) is 0 Å². The van der Waals surface area contributed by atoms with Crippen LogP contribution in [0.3, 0.4) is 0 Å². The van der Waals surface area contributed by atoms with Gasteiger partial charge in [-0.05, 0) is 62.1 Å². The van der Waals surface area contributed by atoms with Gasteiger partial charge in [0.05, 0.1) is 0 Å². The Kier molecular flexibility index (Phi) is 8.85. The monoisotopic (exact) mass is 423 g/mol. The van der Waals surface area contributed by atoms with Crippen molar-refractivity contribution in [3.63, 3.8) is 0 Å². The van der Waals surface area contributed by atoms with Gasteiger partial charge in [-0.15, -0.1) is 0 Å². The van der Waals surface area contributed by atoms with Crippen molar-refractivity contribution in [3.05, 3.63) is 61.0 Å². The molecule has 0 aliphatic carbocycles. The third-order valence-corrected chi connectivity index (χ3v) is 6.26. The van der Waals surface area contributed by atoms with Crippen LogP contribution in [0, 0.1) is 5.41 Å². The van der Waals surface area contributed by atoms with Crippen molar-refractivity contribution in [3.8, 4) is 0 Å². The summed E-state index contributed by atoms with van der Waals surface area (Å²) in [5, 5.41) is 3.59. The van der Waals surface area contributed by atoms with Gasteiger partial charge in [-0.25, -0.2) is 0 Å². The molecular weight excluding hydrogens is 378 g/mol. The van der Waals surface area contributed by atoms with E-state index in [9.17, 15) is 0 Å². The zero-order valence-electron chi connectivity index (χ0n) is 20.9. The Morgan fingerprint density at radius 3 is 2.26 bits per heavy atom. The van der Waals surface area contributed by atoms with Gasteiger partial charge in [-0.3, -0.25) is 0 Å². The molecule has 0 atom stereocenters. The molecule has 1 saturated heterocycles. The van der Waals surface area contributed by atoms with Crippen molar-refractivity contribution in [2.75, 3.05) is 18.0 Å². The topological polar surface area (TPSA) is 18.5 Å². The summed E-state index contributed by atoms with van der Waals surface area (Å²) >= 11 is 0. The van der Waals surface area contributed by atoms with Crippen molar-refractivity contribution in [1.82, 2.24) is 10.2 Å². The highest BCUT2D eigenvalue weighted by Crippen LogP contribution is 2.32. The number of benzene rings is 1. The number of piperidine rings is 1. The van der Waals surface area contributed by atoms with E-state index in [1.807, 2.05) is 0 Å². The average molecular weight is 424 g/mol. The Hall–Kier alpha value is -2.16. The second kappa shape index (κ2) is 10.9. The molecule has 3 nitrogen and oxygen atoms in total. The Morgan fingerprint density at radius 1 is 1.13 bits per heavy atom. The molecule has 0 spiro atoms. The Bertz CT molecular complexity index is 759. The molecule has 2 rings (SSSR count). The van der Waals surface area contributed by atoms with Gasteiger partial charge in [0.25, 0.3) is 0 Å². The maximum Gasteiger partial charge on any atom is 0.0417 e. The molecule has 0 amide bonds. The van der Waals surface area contributed by atoms with Crippen LogP contribution in [0.15, 0.2) is 55.4 Å². The van der Waals surface area contributed by atoms with E-state index in [1.54, 1.807) is 0 Å². The van der Waals surface area contributed by atoms with E-state index in [4.69, 9.17) is 0 Å². The third-order valence-electron chi connectivity index (χ3n) is 6.26. The van der Waals surface area contributed by atoms with Gasteiger partial charge in [0, 0.05) is 48.0 Å². The molecule has 1 fully saturated rings. The second-order valence-corrected chi connectivity index (χ2v) is 10.3. The molecule has 31 heavy (non-hydrogen) atoms. The van der Waals surface area contributed by atoms with Crippen LogP contribution in [0.4, 0.5) is 5.69 Å². The van der Waals surface area contributed by atoms with Gasteiger partial charge in [0.2, 0.25) is 0 Å². The predicted octanol–water partition coefficient (Wildman–Crippen LogP) is 7.19. The lowest BCUT2D eigenvalue weighted by atomic mass is 9.89. The molecule has 0 radical (unpaired) electrons. The van der Waals surface area contributed by atoms with E-state index < -0.39 is 0 Å². The zero-order valence-corrected chi connectivity index (χ0v) is 20.9. The number of allylic oxidation sites excluding steroid dienone is 2. The fraction of sp³-hybridized carbons (Fsp3) is 0.571. The SMILES string of the molecule is C=C(NC(CC)CC)c1cccc(N(C(=C)C)C2CCN(C(=C)CC(C)(C)C)CC2)c1. The standard InChI is InChI=1S/C28H45N3/c1-10-25(11-2)29-23(6)24-13-12-14-27(19-24)31(21(3)4)26-15-17-30(18-16-26)22(5)20-28(7,8)9/h12-14,19,25-26,29H,3,5-6,10-11,15-18,20H2,1-2,4,7-9H3. The first-order valence-corrected chi connectivity index (χ1v) is 12.0. The number of hydrogen-bond acceptors (Lipinski definition) is 3. The summed E-state index contributed by atoms with van der Waals surface area (Å²) in [6, 6.07) is 9.69. The molecule has 1 aliphatic heterocycles. The van der Waals surface area contributed by atoms with Gasteiger partial charge in [-0.1, -0.05) is 66.5 Å². The molecule has 1 aromatic carbocycles. The van der Waals surface area contributed by atoms with E-state index in [2.05, 4.69) is 101 Å². The van der Waals surface area contributed by atoms with Crippen molar-refractivity contribution in [2.24, 2.45) is 5.41 Å². The Labute approximate surface area is 191 Å². The molecule has 0 bridgehead atoms. The van der Waals surface area contributed by atoms with E-state index in [0.29, 0.717) is 12.1 Å². The summed E-state index contributed by atoms with van der Waals surface area (Å²) in [6.07, 6.45) is 5.49. The molecule has 1 aliphatic rings. The fourth-order valence-electron chi connectivity index (χ4n) is 4.57. The minimum absolute atomic E-state index is 0.281. The van der Waals surface area contributed by atoms with Crippen molar-refractivity contribution >= 4 is 11.4 Å². The molecule has 1 aromatic rings. The van der Waals surface area contributed by atoms with Crippen molar-refractivity contribution < 1.29 is 0 Å². The van der Waals surface area contributed by atoms with Crippen LogP contribution in [-0.4, -0.2) is 30.1 Å². The molecule has 1 N–H and O–H groups in total. The molecule has 3 heteroatoms. The summed E-state index contributed by atoms with van der Waals surface area (Å²) in [4.78, 5) is 4.91. The highest BCUT2D eigenvalue weighted by atomic mass is 15.2. The third kappa shape index (κ3) is 7.19. The molecular formula is C28H45N3. The second-order valence-electron chi connectivity index (χ2n) is 10.3. The number of nitrogens with one attached hydrogen (secondary N) is 1. The van der Waals surface area contributed by atoms with Crippen LogP contribution in [0.2, 0.25) is 0 Å². The molecule has 0 unspecified atom stereocenters. The predicted molar refractivity (Wildman–Crippen MR) is 138 cm³/mol. The molecule has 1 heterocycles. The lowest BCUT2D eigenvalue weighted by Gasteiger charge is -2.42. The van der Waals surface area contributed by atoms with Gasteiger partial charge >= 0.3 is 0 Å². The van der Waals surface area contributed by atoms with Crippen LogP contribution in [0.1, 0.15) is 79.2 Å². The van der Waals surface area contributed by atoms with Gasteiger partial charge in [-0.2, -0.15) is 0 Å². The summed E-state index contributed by atoms with van der Waals surface area (Å²) in [6.45, 7) is 28.5. The maximum absolute atomic E-state index is 4.37. The van der Waals surface area contributed by atoms with Gasteiger partial charge in [0.1, 0.15) is 0 Å². The number of anilines is 1.